The fraction of sp³-hybridized carbons (Fsp3) is 0.263. The van der Waals surface area contributed by atoms with Crippen molar-refractivity contribution in [3.63, 3.8) is 0 Å². The highest BCUT2D eigenvalue weighted by Gasteiger charge is 2.14. The number of nitrogens with one attached hydrogen (secondary N) is 1. The first-order chi connectivity index (χ1) is 12.8. The lowest BCUT2D eigenvalue weighted by atomic mass is 10.0. The molecular weight excluding hydrogens is 330 g/mol. The summed E-state index contributed by atoms with van der Waals surface area (Å²) in [7, 11) is 0. The Labute approximate surface area is 152 Å². The van der Waals surface area contributed by atoms with Gasteiger partial charge < -0.3 is 10.1 Å². The van der Waals surface area contributed by atoms with Crippen LogP contribution in [0.15, 0.2) is 60.9 Å². The van der Waals surface area contributed by atoms with E-state index in [-0.39, 0.29) is 18.6 Å². The van der Waals surface area contributed by atoms with Crippen LogP contribution in [0.3, 0.4) is 0 Å². The van der Waals surface area contributed by atoms with E-state index in [1.807, 2.05) is 42.5 Å². The topological polar surface area (TPSA) is 81.9 Å². The number of hydrogen-bond acceptors (Lipinski definition) is 5. The monoisotopic (exact) mass is 351 g/mol. The van der Waals surface area contributed by atoms with Crippen molar-refractivity contribution in [2.24, 2.45) is 0 Å². The molecule has 1 N–H and O–H groups in total. The summed E-state index contributed by atoms with van der Waals surface area (Å²) in [6.45, 7) is 2.05. The summed E-state index contributed by atoms with van der Waals surface area (Å²) in [4.78, 5) is 12.3. The van der Waals surface area contributed by atoms with Crippen molar-refractivity contribution in [3.05, 3.63) is 66.5 Å². The Morgan fingerprint density at radius 1 is 1.19 bits per heavy atom. The molecule has 134 valence electrons. The second-order valence-electron chi connectivity index (χ2n) is 5.86. The third-order valence-corrected chi connectivity index (χ3v) is 3.92. The van der Waals surface area contributed by atoms with Gasteiger partial charge in [0.2, 0.25) is 0 Å². The second-order valence-corrected chi connectivity index (χ2v) is 5.86. The van der Waals surface area contributed by atoms with E-state index in [9.17, 15) is 4.79 Å². The van der Waals surface area contributed by atoms with E-state index in [1.54, 1.807) is 12.1 Å². The van der Waals surface area contributed by atoms with Crippen molar-refractivity contribution in [3.8, 4) is 11.4 Å². The van der Waals surface area contributed by atoms with Crippen molar-refractivity contribution in [1.82, 2.24) is 25.5 Å². The average molecular weight is 351 g/mol. The maximum atomic E-state index is 12.3. The zero-order valence-corrected chi connectivity index (χ0v) is 14.6. The Kier molecular flexibility index (Phi) is 5.92. The molecule has 0 saturated heterocycles. The summed E-state index contributed by atoms with van der Waals surface area (Å²) < 4.78 is 7.15. The Hall–Kier alpha value is -3.22. The molecule has 1 amide bonds. The molecule has 3 rings (SSSR count). The highest BCUT2D eigenvalue weighted by Crippen LogP contribution is 2.19. The first kappa shape index (κ1) is 17.6. The van der Waals surface area contributed by atoms with Gasteiger partial charge in [0.1, 0.15) is 12.1 Å². The number of aromatic nitrogens is 4. The number of rotatable bonds is 8. The Morgan fingerprint density at radius 3 is 2.77 bits per heavy atom. The quantitative estimate of drug-likeness (QED) is 0.675. The largest absolute Gasteiger partial charge is 0.484 e. The molecule has 2 aromatic carbocycles. The van der Waals surface area contributed by atoms with E-state index >= 15 is 0 Å². The molecule has 0 aliphatic rings. The summed E-state index contributed by atoms with van der Waals surface area (Å²) in [5.74, 6) is 0.431. The van der Waals surface area contributed by atoms with Crippen molar-refractivity contribution < 1.29 is 9.53 Å². The van der Waals surface area contributed by atoms with Crippen LogP contribution in [0.2, 0.25) is 0 Å². The number of amides is 1. The van der Waals surface area contributed by atoms with Gasteiger partial charge in [0.15, 0.2) is 6.61 Å². The van der Waals surface area contributed by atoms with Gasteiger partial charge in [-0.1, -0.05) is 49.7 Å². The van der Waals surface area contributed by atoms with Gasteiger partial charge in [-0.2, -0.15) is 0 Å². The van der Waals surface area contributed by atoms with Crippen molar-refractivity contribution in [1.29, 1.82) is 0 Å². The van der Waals surface area contributed by atoms with Crippen LogP contribution in [0.5, 0.6) is 5.75 Å². The Bertz CT molecular complexity index is 821. The third-order valence-electron chi connectivity index (χ3n) is 3.92. The van der Waals surface area contributed by atoms with Gasteiger partial charge in [-0.3, -0.25) is 4.79 Å². The minimum atomic E-state index is -0.153. The zero-order chi connectivity index (χ0) is 18.2. The van der Waals surface area contributed by atoms with Gasteiger partial charge in [-0.25, -0.2) is 4.68 Å². The van der Waals surface area contributed by atoms with Gasteiger partial charge in [0.25, 0.3) is 5.91 Å². The Morgan fingerprint density at radius 2 is 2.04 bits per heavy atom. The van der Waals surface area contributed by atoms with Crippen LogP contribution in [0.25, 0.3) is 5.69 Å². The molecule has 0 aliphatic carbocycles. The highest BCUT2D eigenvalue weighted by molar-refractivity contribution is 5.78. The predicted molar refractivity (Wildman–Crippen MR) is 96.9 cm³/mol. The predicted octanol–water partition coefficient (Wildman–Crippen LogP) is 2.70. The van der Waals surface area contributed by atoms with Gasteiger partial charge in [-0.15, -0.1) is 5.10 Å². The summed E-state index contributed by atoms with van der Waals surface area (Å²) in [5.41, 5.74) is 1.87. The third kappa shape index (κ3) is 4.66. The van der Waals surface area contributed by atoms with Gasteiger partial charge >= 0.3 is 0 Å². The fourth-order valence-corrected chi connectivity index (χ4v) is 2.68. The van der Waals surface area contributed by atoms with Crippen molar-refractivity contribution >= 4 is 5.91 Å². The van der Waals surface area contributed by atoms with Crippen LogP contribution in [0.4, 0.5) is 0 Å². The van der Waals surface area contributed by atoms with E-state index in [1.165, 1.54) is 11.0 Å². The molecule has 3 aromatic rings. The van der Waals surface area contributed by atoms with E-state index in [2.05, 4.69) is 27.8 Å². The highest BCUT2D eigenvalue weighted by atomic mass is 16.5. The van der Waals surface area contributed by atoms with Crippen LogP contribution in [0.1, 0.15) is 31.4 Å². The molecule has 0 bridgehead atoms. The maximum absolute atomic E-state index is 12.3. The fourth-order valence-electron chi connectivity index (χ4n) is 2.68. The van der Waals surface area contributed by atoms with Gasteiger partial charge in [-0.05, 0) is 34.5 Å². The smallest absolute Gasteiger partial charge is 0.258 e. The molecular formula is C19H21N5O2. The molecule has 0 fully saturated rings. The molecule has 0 unspecified atom stereocenters. The molecule has 7 heteroatoms. The number of tetrazole rings is 1. The Balaban J connectivity index is 1.59. The van der Waals surface area contributed by atoms with Crippen LogP contribution >= 0.6 is 0 Å². The van der Waals surface area contributed by atoms with Crippen LogP contribution < -0.4 is 10.1 Å². The van der Waals surface area contributed by atoms with E-state index in [0.717, 1.165) is 24.1 Å². The second kappa shape index (κ2) is 8.75. The number of nitrogens with zero attached hydrogens (tertiary/aromatic N) is 4. The molecule has 0 aliphatic heterocycles. The van der Waals surface area contributed by atoms with Crippen molar-refractivity contribution in [2.45, 2.75) is 25.8 Å². The standard InChI is InChI=1S/C19H21N5O2/c1-2-7-18(15-8-4-3-5-9-15)21-19(25)13-26-17-11-6-10-16(12-17)24-14-20-22-23-24/h3-6,8-12,14,18H,2,7,13H2,1H3,(H,21,25)/t18-/m1/s1. The minimum absolute atomic E-state index is 0.00939. The number of carbonyl (C=O) groups is 1. The van der Waals surface area contributed by atoms with Crippen LogP contribution in [-0.4, -0.2) is 32.7 Å². The summed E-state index contributed by atoms with van der Waals surface area (Å²) in [6.07, 6.45) is 3.36. The normalized spacial score (nSPS) is 11.7. The first-order valence-electron chi connectivity index (χ1n) is 8.57. The lowest BCUT2D eigenvalue weighted by Crippen LogP contribution is -2.32. The molecule has 1 heterocycles. The van der Waals surface area contributed by atoms with Gasteiger partial charge in [0, 0.05) is 6.07 Å². The van der Waals surface area contributed by atoms with E-state index in [4.69, 9.17) is 4.74 Å². The minimum Gasteiger partial charge on any atom is -0.484 e. The molecule has 1 aromatic heterocycles. The van der Waals surface area contributed by atoms with Crippen LogP contribution in [0, 0.1) is 0 Å². The maximum Gasteiger partial charge on any atom is 0.258 e. The summed E-state index contributed by atoms with van der Waals surface area (Å²) in [6, 6.07) is 17.2. The summed E-state index contributed by atoms with van der Waals surface area (Å²) in [5, 5.41) is 14.1. The lowest BCUT2D eigenvalue weighted by molar-refractivity contribution is -0.123. The van der Waals surface area contributed by atoms with Gasteiger partial charge in [0.05, 0.1) is 11.7 Å². The van der Waals surface area contributed by atoms with Crippen LogP contribution in [-0.2, 0) is 4.79 Å². The van der Waals surface area contributed by atoms with Crippen molar-refractivity contribution in [2.75, 3.05) is 6.61 Å². The molecule has 0 radical (unpaired) electrons. The SMILES string of the molecule is CCC[C@@H](NC(=O)COc1cccc(-n2cnnn2)c1)c1ccccc1. The molecule has 1 atom stereocenters. The number of benzene rings is 2. The van der Waals surface area contributed by atoms with E-state index < -0.39 is 0 Å². The summed E-state index contributed by atoms with van der Waals surface area (Å²) >= 11 is 0. The number of carbonyl (C=O) groups excluding carboxylic acids is 1. The van der Waals surface area contributed by atoms with E-state index in [0.29, 0.717) is 5.75 Å². The molecule has 26 heavy (non-hydrogen) atoms. The first-order valence-corrected chi connectivity index (χ1v) is 8.57. The zero-order valence-electron chi connectivity index (χ0n) is 14.6. The molecule has 0 saturated carbocycles. The number of ether oxygens (including phenoxy) is 1. The average Bonchev–Trinajstić information content (AvgIpc) is 3.22. The lowest BCUT2D eigenvalue weighted by Gasteiger charge is -2.19. The number of hydrogen-bond donors (Lipinski definition) is 1. The molecule has 7 nitrogen and oxygen atoms in total. The molecule has 0 spiro atoms.